The summed E-state index contributed by atoms with van der Waals surface area (Å²) < 4.78 is 20.0. The molecule has 11 heteroatoms. The van der Waals surface area contributed by atoms with Crippen LogP contribution >= 0.6 is 11.6 Å². The van der Waals surface area contributed by atoms with Crippen LogP contribution in [-0.2, 0) is 25.5 Å². The van der Waals surface area contributed by atoms with Gasteiger partial charge in [-0.2, -0.15) is 9.97 Å². The van der Waals surface area contributed by atoms with Crippen molar-refractivity contribution >= 4 is 40.2 Å². The molecule has 1 aromatic carbocycles. The Hall–Kier alpha value is -2.95. The van der Waals surface area contributed by atoms with E-state index in [9.17, 15) is 4.79 Å². The molecule has 3 aromatic rings. The average Bonchev–Trinajstić information content (AvgIpc) is 3.14. The molecule has 2 aromatic heterocycles. The minimum absolute atomic E-state index is 0.00928. The van der Waals surface area contributed by atoms with Crippen molar-refractivity contribution in [2.75, 3.05) is 17.7 Å². The van der Waals surface area contributed by atoms with E-state index < -0.39 is 17.3 Å². The van der Waals surface area contributed by atoms with Crippen LogP contribution in [0.3, 0.4) is 0 Å². The molecule has 1 aliphatic heterocycles. The monoisotopic (exact) mass is 498 g/mol. The van der Waals surface area contributed by atoms with Gasteiger partial charge >= 0.3 is 5.97 Å². The number of benzene rings is 1. The summed E-state index contributed by atoms with van der Waals surface area (Å²) in [5.74, 6) is -0.520. The van der Waals surface area contributed by atoms with Gasteiger partial charge in [-0.05, 0) is 56.5 Å². The first-order valence-corrected chi connectivity index (χ1v) is 12.1. The van der Waals surface area contributed by atoms with Crippen LogP contribution in [0.2, 0.25) is 5.28 Å². The minimum atomic E-state index is -0.810. The fourth-order valence-electron chi connectivity index (χ4n) is 5.74. The smallest absolute Gasteiger partial charge is 0.315 e. The van der Waals surface area contributed by atoms with Crippen LogP contribution in [0.1, 0.15) is 38.8 Å². The van der Waals surface area contributed by atoms with E-state index in [-0.39, 0.29) is 29.3 Å². The summed E-state index contributed by atoms with van der Waals surface area (Å²) in [6, 6.07) is 7.39. The van der Waals surface area contributed by atoms with E-state index in [4.69, 9.17) is 31.5 Å². The Morgan fingerprint density at radius 1 is 1.29 bits per heavy atom. The lowest BCUT2D eigenvalue weighted by atomic mass is 9.99. The first-order valence-electron chi connectivity index (χ1n) is 11.7. The molecule has 1 saturated heterocycles. The summed E-state index contributed by atoms with van der Waals surface area (Å²) in [6.07, 6.45) is 1.65. The van der Waals surface area contributed by atoms with Gasteiger partial charge in [0.15, 0.2) is 22.8 Å². The molecule has 0 unspecified atom stereocenters. The van der Waals surface area contributed by atoms with E-state index in [1.165, 1.54) is 0 Å². The molecule has 0 radical (unpaired) electrons. The Balaban J connectivity index is 1.36. The molecular formula is C24H27ClN6O4. The molecule has 3 heterocycles. The molecule has 3 fully saturated rings. The lowest BCUT2D eigenvalue weighted by molar-refractivity contribution is -0.172. The van der Waals surface area contributed by atoms with Gasteiger partial charge in [-0.1, -0.05) is 12.1 Å². The second-order valence-corrected chi connectivity index (χ2v) is 10.2. The van der Waals surface area contributed by atoms with E-state index in [1.54, 1.807) is 6.33 Å². The summed E-state index contributed by atoms with van der Waals surface area (Å²) in [6.45, 7) is 6.38. The third-order valence-electron chi connectivity index (χ3n) is 7.26. The highest BCUT2D eigenvalue weighted by Gasteiger charge is 2.80. The lowest BCUT2D eigenvalue weighted by Crippen LogP contribution is -2.36. The van der Waals surface area contributed by atoms with Crippen molar-refractivity contribution in [3.8, 4) is 0 Å². The molecule has 0 spiro atoms. The number of hydrogen-bond acceptors (Lipinski definition) is 9. The van der Waals surface area contributed by atoms with Gasteiger partial charge in [0, 0.05) is 18.2 Å². The first kappa shape index (κ1) is 22.5. The van der Waals surface area contributed by atoms with Gasteiger partial charge < -0.3 is 29.8 Å². The van der Waals surface area contributed by atoms with E-state index in [1.807, 2.05) is 49.6 Å². The SMILES string of the molecule is CCOC(=O)[C@@]12C[C@@H]1[C@@H](n1cnc3c(NCc4ccc(N)cc4)nc(Cl)nc31)[C@@H]1OC(C)(C)O[C@@H]12. The number of rotatable bonds is 6. The summed E-state index contributed by atoms with van der Waals surface area (Å²) in [7, 11) is 0. The van der Waals surface area contributed by atoms with E-state index in [0.29, 0.717) is 42.2 Å². The van der Waals surface area contributed by atoms with Crippen molar-refractivity contribution in [2.24, 2.45) is 11.3 Å². The molecule has 5 atom stereocenters. The highest BCUT2D eigenvalue weighted by molar-refractivity contribution is 6.28. The number of aromatic nitrogens is 4. The Morgan fingerprint density at radius 2 is 2.06 bits per heavy atom. The molecule has 3 aliphatic rings. The highest BCUT2D eigenvalue weighted by Crippen LogP contribution is 2.72. The number of fused-ring (bicyclic) bond motifs is 4. The van der Waals surface area contributed by atoms with E-state index >= 15 is 0 Å². The van der Waals surface area contributed by atoms with Crippen molar-refractivity contribution in [1.82, 2.24) is 19.5 Å². The number of nitrogen functional groups attached to an aromatic ring is 1. The molecule has 3 N–H and O–H groups in total. The number of esters is 1. The lowest BCUT2D eigenvalue weighted by Gasteiger charge is -2.24. The molecule has 2 aliphatic carbocycles. The fourth-order valence-corrected chi connectivity index (χ4v) is 5.91. The minimum Gasteiger partial charge on any atom is -0.465 e. The van der Waals surface area contributed by atoms with Gasteiger partial charge in [0.25, 0.3) is 0 Å². The quantitative estimate of drug-likeness (QED) is 0.299. The molecule has 0 amide bonds. The molecule has 2 saturated carbocycles. The van der Waals surface area contributed by atoms with Gasteiger partial charge in [-0.25, -0.2) is 4.98 Å². The number of halogens is 1. The van der Waals surface area contributed by atoms with Crippen LogP contribution in [0.15, 0.2) is 30.6 Å². The van der Waals surface area contributed by atoms with Crippen LogP contribution in [-0.4, -0.2) is 50.1 Å². The Bertz CT molecular complexity index is 1310. The second kappa shape index (κ2) is 7.78. The summed E-state index contributed by atoms with van der Waals surface area (Å²) in [5, 5.41) is 3.41. The number of carbonyl (C=O) groups excluding carboxylic acids is 1. The van der Waals surface area contributed by atoms with Crippen molar-refractivity contribution < 1.29 is 19.0 Å². The predicted octanol–water partition coefficient (Wildman–Crippen LogP) is 3.32. The van der Waals surface area contributed by atoms with Crippen molar-refractivity contribution in [1.29, 1.82) is 0 Å². The standard InChI is InChI=1S/C24H27ClN6O4/c1-4-33-21(32)24-9-14(24)16(17-18(24)35-23(2,3)34-17)31-11-28-15-19(29-22(25)30-20(15)31)27-10-12-5-7-13(26)8-6-12/h5-8,11,14,16-18H,4,9-10,26H2,1-3H3,(H,27,29,30)/t14-,16-,17+,18+,24+/m1/s1. The number of nitrogens with two attached hydrogens (primary N) is 1. The zero-order valence-electron chi connectivity index (χ0n) is 19.7. The second-order valence-electron chi connectivity index (χ2n) is 9.84. The Labute approximate surface area is 207 Å². The van der Waals surface area contributed by atoms with Gasteiger partial charge in [-0.3, -0.25) is 4.79 Å². The molecule has 10 nitrogen and oxygen atoms in total. The molecule has 184 valence electrons. The number of nitrogens with one attached hydrogen (secondary N) is 1. The van der Waals surface area contributed by atoms with Gasteiger partial charge in [0.1, 0.15) is 17.6 Å². The third kappa shape index (κ3) is 3.46. The molecule has 35 heavy (non-hydrogen) atoms. The third-order valence-corrected chi connectivity index (χ3v) is 7.42. The number of nitrogens with zero attached hydrogens (tertiary/aromatic N) is 4. The van der Waals surface area contributed by atoms with Crippen LogP contribution in [0.5, 0.6) is 0 Å². The summed E-state index contributed by atoms with van der Waals surface area (Å²) in [5.41, 5.74) is 7.98. The Kier molecular flexibility index (Phi) is 5.00. The van der Waals surface area contributed by atoms with Crippen molar-refractivity contribution in [2.45, 2.75) is 57.8 Å². The molecular weight excluding hydrogens is 472 g/mol. The normalized spacial score (nSPS) is 30.2. The maximum Gasteiger partial charge on any atom is 0.315 e. The van der Waals surface area contributed by atoms with Gasteiger partial charge in [0.2, 0.25) is 5.28 Å². The number of anilines is 2. The predicted molar refractivity (Wildman–Crippen MR) is 129 cm³/mol. The topological polar surface area (TPSA) is 126 Å². The van der Waals surface area contributed by atoms with Crippen molar-refractivity contribution in [3.63, 3.8) is 0 Å². The van der Waals surface area contributed by atoms with Gasteiger partial charge in [-0.15, -0.1) is 0 Å². The van der Waals surface area contributed by atoms with E-state index in [2.05, 4.69) is 20.3 Å². The number of imidazole rings is 1. The van der Waals surface area contributed by atoms with Crippen LogP contribution in [0.4, 0.5) is 11.5 Å². The number of ether oxygens (including phenoxy) is 3. The first-order chi connectivity index (χ1) is 16.7. The highest BCUT2D eigenvalue weighted by atomic mass is 35.5. The largest absolute Gasteiger partial charge is 0.465 e. The fraction of sp³-hybridized carbons (Fsp3) is 0.500. The zero-order chi connectivity index (χ0) is 24.5. The molecule has 6 rings (SSSR count). The van der Waals surface area contributed by atoms with Crippen LogP contribution in [0, 0.1) is 11.3 Å². The molecule has 0 bridgehead atoms. The van der Waals surface area contributed by atoms with E-state index in [0.717, 1.165) is 5.56 Å². The van der Waals surface area contributed by atoms with Crippen molar-refractivity contribution in [3.05, 3.63) is 41.4 Å². The maximum absolute atomic E-state index is 13.0. The van der Waals surface area contributed by atoms with Crippen LogP contribution < -0.4 is 11.1 Å². The maximum atomic E-state index is 13.0. The number of carbonyl (C=O) groups is 1. The summed E-state index contributed by atoms with van der Waals surface area (Å²) >= 11 is 6.33. The van der Waals surface area contributed by atoms with Gasteiger partial charge in [0.05, 0.1) is 19.0 Å². The summed E-state index contributed by atoms with van der Waals surface area (Å²) in [4.78, 5) is 26.5. The van der Waals surface area contributed by atoms with Crippen LogP contribution in [0.25, 0.3) is 11.2 Å². The zero-order valence-corrected chi connectivity index (χ0v) is 20.5. The number of hydrogen-bond donors (Lipinski definition) is 2. The Morgan fingerprint density at radius 3 is 2.80 bits per heavy atom. The average molecular weight is 499 g/mol.